The maximum Gasteiger partial charge on any atom is 0.195 e. The highest BCUT2D eigenvalue weighted by atomic mass is 16.5. The number of aliphatic hydroxyl groups excluding tert-OH is 1. The Morgan fingerprint density at radius 1 is 1.21 bits per heavy atom. The van der Waals surface area contributed by atoms with Crippen LogP contribution >= 0.6 is 0 Å². The summed E-state index contributed by atoms with van der Waals surface area (Å²) in [5.74, 6) is 0.922. The molecule has 7 unspecified atom stereocenters. The van der Waals surface area contributed by atoms with Crippen molar-refractivity contribution < 1.29 is 29.4 Å². The summed E-state index contributed by atoms with van der Waals surface area (Å²) in [4.78, 5) is 0. The number of piperidine rings is 1. The fourth-order valence-electron chi connectivity index (χ4n) is 4.75. The molecule has 2 heterocycles. The van der Waals surface area contributed by atoms with E-state index in [1.807, 2.05) is 14.0 Å². The fraction of sp³-hybridized carbons (Fsp3) is 0.889. The van der Waals surface area contributed by atoms with Gasteiger partial charge in [-0.2, -0.15) is 0 Å². The van der Waals surface area contributed by atoms with E-state index >= 15 is 0 Å². The predicted octanol–water partition coefficient (Wildman–Crippen LogP) is 0.0568. The maximum atomic E-state index is 9.94. The van der Waals surface area contributed by atoms with Crippen LogP contribution in [0, 0.1) is 11.8 Å². The molecule has 3 rings (SSSR count). The zero-order valence-electron chi connectivity index (χ0n) is 15.0. The first-order chi connectivity index (χ1) is 11.6. The SMILES string of the molecule is C=C(C)[C@@H](O)COC1CCC2C([NH2+]C3OCCC3C2OC)C1OC. The van der Waals surface area contributed by atoms with Crippen LogP contribution in [-0.2, 0) is 18.9 Å². The van der Waals surface area contributed by atoms with Gasteiger partial charge in [0.05, 0.1) is 37.4 Å². The zero-order valence-corrected chi connectivity index (χ0v) is 15.0. The topological polar surface area (TPSA) is 73.8 Å². The van der Waals surface area contributed by atoms with Gasteiger partial charge in [0.25, 0.3) is 0 Å². The predicted molar refractivity (Wildman–Crippen MR) is 88.4 cm³/mol. The lowest BCUT2D eigenvalue weighted by Crippen LogP contribution is -3.03. The lowest BCUT2D eigenvalue weighted by molar-refractivity contribution is -0.783. The molecule has 0 aromatic carbocycles. The number of aliphatic hydroxyl groups is 1. The van der Waals surface area contributed by atoms with Crippen molar-refractivity contribution >= 4 is 0 Å². The molecular formula is C18H32NO5+. The maximum absolute atomic E-state index is 9.94. The summed E-state index contributed by atoms with van der Waals surface area (Å²) in [7, 11) is 3.56. The van der Waals surface area contributed by atoms with E-state index in [4.69, 9.17) is 18.9 Å². The highest BCUT2D eigenvalue weighted by Gasteiger charge is 2.56. The molecule has 3 fully saturated rings. The third-order valence-electron chi connectivity index (χ3n) is 6.05. The first kappa shape index (κ1) is 18.3. The van der Waals surface area contributed by atoms with E-state index in [0.29, 0.717) is 11.8 Å². The summed E-state index contributed by atoms with van der Waals surface area (Å²) >= 11 is 0. The number of fused-ring (bicyclic) bond motifs is 2. The fourth-order valence-corrected chi connectivity index (χ4v) is 4.75. The van der Waals surface area contributed by atoms with Crippen LogP contribution in [0.3, 0.4) is 0 Å². The third kappa shape index (κ3) is 3.41. The molecule has 0 amide bonds. The summed E-state index contributed by atoms with van der Waals surface area (Å²) in [5.41, 5.74) is 0.725. The molecule has 0 aromatic heterocycles. The molecular weight excluding hydrogens is 310 g/mol. The summed E-state index contributed by atoms with van der Waals surface area (Å²) < 4.78 is 23.6. The lowest BCUT2D eigenvalue weighted by Gasteiger charge is -2.48. The van der Waals surface area contributed by atoms with Gasteiger partial charge in [-0.25, -0.2) is 0 Å². The van der Waals surface area contributed by atoms with Crippen LogP contribution in [0.25, 0.3) is 0 Å². The highest BCUT2D eigenvalue weighted by molar-refractivity contribution is 4.99. The van der Waals surface area contributed by atoms with Gasteiger partial charge in [0.15, 0.2) is 6.23 Å². The quantitative estimate of drug-likeness (QED) is 0.668. The Balaban J connectivity index is 1.69. The molecule has 2 saturated heterocycles. The largest absolute Gasteiger partial charge is 0.386 e. The normalized spacial score (nSPS) is 43.1. The van der Waals surface area contributed by atoms with Gasteiger partial charge < -0.3 is 29.4 Å². The van der Waals surface area contributed by atoms with Crippen LogP contribution in [-0.4, -0.2) is 69.2 Å². The minimum absolute atomic E-state index is 0.0167. The van der Waals surface area contributed by atoms with E-state index in [1.54, 1.807) is 7.11 Å². The van der Waals surface area contributed by atoms with Crippen molar-refractivity contribution in [2.75, 3.05) is 27.4 Å². The zero-order chi connectivity index (χ0) is 17.3. The summed E-state index contributed by atoms with van der Waals surface area (Å²) in [5, 5.41) is 12.3. The minimum Gasteiger partial charge on any atom is -0.386 e. The average Bonchev–Trinajstić information content (AvgIpc) is 3.04. The molecule has 0 spiro atoms. The van der Waals surface area contributed by atoms with Crippen LogP contribution in [0.5, 0.6) is 0 Å². The standard InChI is InChI=1S/C18H31NO5/c1-10(2)13(20)9-24-14-6-5-11-15(17(14)22-4)19-18-12(7-8-23-18)16(11)21-3/h11-20H,1,5-9H2,2-4H3/p+1/t11?,12?,13-,14?,15?,16?,17?,18?/m0/s1. The molecule has 1 aliphatic carbocycles. The summed E-state index contributed by atoms with van der Waals surface area (Å²) in [6.07, 6.45) is 2.78. The van der Waals surface area contributed by atoms with Crippen molar-refractivity contribution in [1.29, 1.82) is 0 Å². The second-order valence-corrected chi connectivity index (χ2v) is 7.43. The van der Waals surface area contributed by atoms with Gasteiger partial charge >= 0.3 is 0 Å². The van der Waals surface area contributed by atoms with Gasteiger partial charge in [0.2, 0.25) is 0 Å². The number of ether oxygens (including phenoxy) is 4. The Morgan fingerprint density at radius 2 is 1.96 bits per heavy atom. The second-order valence-electron chi connectivity index (χ2n) is 7.43. The van der Waals surface area contributed by atoms with Gasteiger partial charge in [-0.05, 0) is 31.8 Å². The van der Waals surface area contributed by atoms with E-state index < -0.39 is 6.10 Å². The Labute approximate surface area is 144 Å². The molecule has 1 saturated carbocycles. The van der Waals surface area contributed by atoms with Crippen LogP contribution < -0.4 is 5.32 Å². The molecule has 0 radical (unpaired) electrons. The van der Waals surface area contributed by atoms with Gasteiger partial charge in [0.1, 0.15) is 12.1 Å². The van der Waals surface area contributed by atoms with Crippen molar-refractivity contribution in [3.05, 3.63) is 12.2 Å². The molecule has 0 bridgehead atoms. The number of rotatable bonds is 6. The Morgan fingerprint density at radius 3 is 2.62 bits per heavy atom. The minimum atomic E-state index is -0.621. The van der Waals surface area contributed by atoms with Gasteiger partial charge in [0, 0.05) is 20.1 Å². The Kier molecular flexibility index (Phi) is 5.95. The van der Waals surface area contributed by atoms with E-state index in [2.05, 4.69) is 11.9 Å². The van der Waals surface area contributed by atoms with Crippen LogP contribution in [0.15, 0.2) is 12.2 Å². The molecule has 3 aliphatic rings. The van der Waals surface area contributed by atoms with E-state index in [-0.39, 0.29) is 37.2 Å². The molecule has 6 nitrogen and oxygen atoms in total. The number of hydrogen-bond acceptors (Lipinski definition) is 5. The number of nitrogens with two attached hydrogens (primary N) is 1. The van der Waals surface area contributed by atoms with Crippen molar-refractivity contribution in [2.24, 2.45) is 11.8 Å². The van der Waals surface area contributed by atoms with E-state index in [1.165, 1.54) is 0 Å². The van der Waals surface area contributed by atoms with E-state index in [9.17, 15) is 5.11 Å². The first-order valence-corrected chi connectivity index (χ1v) is 9.04. The summed E-state index contributed by atoms with van der Waals surface area (Å²) in [6, 6.07) is 0.264. The monoisotopic (exact) mass is 342 g/mol. The highest BCUT2D eigenvalue weighted by Crippen LogP contribution is 2.39. The third-order valence-corrected chi connectivity index (χ3v) is 6.05. The number of hydrogen-bond donors (Lipinski definition) is 2. The molecule has 24 heavy (non-hydrogen) atoms. The van der Waals surface area contributed by atoms with Crippen molar-refractivity contribution in [1.82, 2.24) is 0 Å². The van der Waals surface area contributed by atoms with E-state index in [0.717, 1.165) is 31.4 Å². The molecule has 138 valence electrons. The number of quaternary nitrogens is 1. The Bertz CT molecular complexity index is 445. The van der Waals surface area contributed by atoms with Crippen molar-refractivity contribution in [3.63, 3.8) is 0 Å². The summed E-state index contributed by atoms with van der Waals surface area (Å²) in [6.45, 7) is 6.68. The van der Waals surface area contributed by atoms with Crippen LogP contribution in [0.1, 0.15) is 26.2 Å². The van der Waals surface area contributed by atoms with Gasteiger partial charge in [-0.15, -0.1) is 0 Å². The molecule has 2 aliphatic heterocycles. The molecule has 3 N–H and O–H groups in total. The first-order valence-electron chi connectivity index (χ1n) is 9.04. The lowest BCUT2D eigenvalue weighted by atomic mass is 9.70. The Hall–Kier alpha value is -0.500. The smallest absolute Gasteiger partial charge is 0.195 e. The number of methoxy groups -OCH3 is 2. The molecule has 8 atom stereocenters. The van der Waals surface area contributed by atoms with Crippen molar-refractivity contribution in [2.45, 2.75) is 62.9 Å². The molecule has 6 heteroatoms. The van der Waals surface area contributed by atoms with Crippen molar-refractivity contribution in [3.8, 4) is 0 Å². The molecule has 0 aromatic rings. The van der Waals surface area contributed by atoms with Gasteiger partial charge in [-0.3, -0.25) is 0 Å². The van der Waals surface area contributed by atoms with Crippen LogP contribution in [0.2, 0.25) is 0 Å². The van der Waals surface area contributed by atoms with Crippen LogP contribution in [0.4, 0.5) is 0 Å². The average molecular weight is 342 g/mol. The second kappa shape index (κ2) is 7.81. The van der Waals surface area contributed by atoms with Gasteiger partial charge in [-0.1, -0.05) is 6.58 Å².